The highest BCUT2D eigenvalue weighted by atomic mass is 32.2. The predicted molar refractivity (Wildman–Crippen MR) is 135 cm³/mol. The Kier molecular flexibility index (Phi) is 6.89. The zero-order valence-electron chi connectivity index (χ0n) is 19.3. The van der Waals surface area contributed by atoms with Gasteiger partial charge >= 0.3 is 6.09 Å². The number of carbonyl (C=O) groups is 1. The molecule has 190 valence electrons. The maximum atomic E-state index is 13.2. The third kappa shape index (κ3) is 5.81. The van der Waals surface area contributed by atoms with E-state index in [1.807, 2.05) is 12.2 Å². The number of allylic oxidation sites excluding steroid dienone is 3. The van der Waals surface area contributed by atoms with Crippen molar-refractivity contribution in [3.63, 3.8) is 0 Å². The molecule has 2 fully saturated rings. The number of carboxylic acid groups (broad SMARTS) is 1. The molecule has 0 aromatic carbocycles. The van der Waals surface area contributed by atoms with Crippen LogP contribution in [-0.2, 0) is 10.0 Å². The van der Waals surface area contributed by atoms with E-state index in [0.29, 0.717) is 30.1 Å². The largest absolute Gasteiger partial charge is 0.465 e. The number of pyridine rings is 1. The molecule has 3 N–H and O–H groups in total. The van der Waals surface area contributed by atoms with Crippen molar-refractivity contribution in [1.29, 1.82) is 0 Å². The minimum atomic E-state index is -3.61. The molecule has 36 heavy (non-hydrogen) atoms. The van der Waals surface area contributed by atoms with Gasteiger partial charge in [0.1, 0.15) is 11.6 Å². The number of rotatable bonds is 7. The maximum absolute atomic E-state index is 13.2. The van der Waals surface area contributed by atoms with Gasteiger partial charge in [-0.15, -0.1) is 11.3 Å². The highest BCUT2D eigenvalue weighted by molar-refractivity contribution is 7.91. The highest BCUT2D eigenvalue weighted by Gasteiger charge is 2.37. The van der Waals surface area contributed by atoms with Crippen LogP contribution >= 0.6 is 11.3 Å². The summed E-state index contributed by atoms with van der Waals surface area (Å²) in [6.45, 7) is 0. The maximum Gasteiger partial charge on any atom is 0.404 e. The third-order valence-corrected chi connectivity index (χ3v) is 9.54. The summed E-state index contributed by atoms with van der Waals surface area (Å²) in [5.41, 5.74) is 1.00. The van der Waals surface area contributed by atoms with Gasteiger partial charge in [0.15, 0.2) is 0 Å². The second kappa shape index (κ2) is 10.1. The predicted octanol–water partition coefficient (Wildman–Crippen LogP) is 4.55. The average molecular weight is 532 g/mol. The lowest BCUT2D eigenvalue weighted by Gasteiger charge is -2.27. The average Bonchev–Trinajstić information content (AvgIpc) is 3.60. The molecule has 0 radical (unpaired) electrons. The first-order chi connectivity index (χ1) is 17.3. The minimum absolute atomic E-state index is 0.0301. The van der Waals surface area contributed by atoms with Crippen LogP contribution < -0.4 is 10.6 Å². The molecule has 3 aliphatic carbocycles. The zero-order chi connectivity index (χ0) is 25.3. The standard InChI is InChI=1S/C24H26FN5O4S2/c25-15-3-10-22(26-12-15)28-17-6-9-19(20(11-17)30-36(33,34)18-7-8-18)21-13-27-23(35-21)14-1-4-16(5-2-14)29-24(31)32/h3,6,9-14,16,18-19,29H,1-2,4-5,7-8H2,(H,26,28)(H,31,32). The summed E-state index contributed by atoms with van der Waals surface area (Å²) >= 11 is 1.54. The van der Waals surface area contributed by atoms with E-state index in [9.17, 15) is 17.6 Å². The normalized spacial score (nSPS) is 25.4. The van der Waals surface area contributed by atoms with Crippen molar-refractivity contribution in [2.24, 2.45) is 4.40 Å². The molecule has 2 aromatic rings. The van der Waals surface area contributed by atoms with E-state index < -0.39 is 27.2 Å². The molecule has 2 aromatic heterocycles. The Bertz CT molecular complexity index is 1320. The van der Waals surface area contributed by atoms with Crippen molar-refractivity contribution in [2.45, 2.75) is 61.7 Å². The molecule has 5 rings (SSSR count). The Balaban J connectivity index is 1.36. The molecule has 0 aliphatic heterocycles. The molecule has 0 saturated heterocycles. The van der Waals surface area contributed by atoms with E-state index in [1.165, 1.54) is 12.1 Å². The summed E-state index contributed by atoms with van der Waals surface area (Å²) in [6, 6.07) is 2.77. The number of halogens is 1. The summed E-state index contributed by atoms with van der Waals surface area (Å²) in [5.74, 6) is -0.125. The number of nitrogens with zero attached hydrogens (tertiary/aromatic N) is 3. The molecule has 2 saturated carbocycles. The second-order valence-electron chi connectivity index (χ2n) is 9.25. The van der Waals surface area contributed by atoms with Crippen LogP contribution in [0.25, 0.3) is 0 Å². The number of nitrogens with one attached hydrogen (secondary N) is 2. The zero-order valence-corrected chi connectivity index (χ0v) is 20.9. The van der Waals surface area contributed by atoms with E-state index in [0.717, 1.165) is 41.8 Å². The first-order valence-electron chi connectivity index (χ1n) is 11.8. The molecule has 1 atom stereocenters. The first kappa shape index (κ1) is 24.6. The van der Waals surface area contributed by atoms with Gasteiger partial charge < -0.3 is 15.7 Å². The second-order valence-corrected chi connectivity index (χ2v) is 12.2. The Morgan fingerprint density at radius 1 is 1.11 bits per heavy atom. The summed E-state index contributed by atoms with van der Waals surface area (Å²) in [5, 5.41) is 15.1. The van der Waals surface area contributed by atoms with E-state index in [1.54, 1.807) is 23.6 Å². The number of thiazole rings is 1. The lowest BCUT2D eigenvalue weighted by atomic mass is 9.86. The van der Waals surface area contributed by atoms with Crippen molar-refractivity contribution in [2.75, 3.05) is 5.32 Å². The number of aromatic nitrogens is 2. The van der Waals surface area contributed by atoms with Gasteiger partial charge in [-0.05, 0) is 62.8 Å². The molecule has 9 nitrogen and oxygen atoms in total. The van der Waals surface area contributed by atoms with Gasteiger partial charge in [0.2, 0.25) is 0 Å². The summed E-state index contributed by atoms with van der Waals surface area (Å²) < 4.78 is 42.9. The molecule has 1 amide bonds. The van der Waals surface area contributed by atoms with Gasteiger partial charge in [0, 0.05) is 28.7 Å². The van der Waals surface area contributed by atoms with Gasteiger partial charge in [-0.2, -0.15) is 4.40 Å². The molecule has 1 unspecified atom stereocenters. The summed E-state index contributed by atoms with van der Waals surface area (Å²) in [4.78, 5) is 20.4. The minimum Gasteiger partial charge on any atom is -0.465 e. The fourth-order valence-electron chi connectivity index (χ4n) is 4.47. The highest BCUT2D eigenvalue weighted by Crippen LogP contribution is 2.39. The van der Waals surface area contributed by atoms with Gasteiger partial charge in [-0.1, -0.05) is 6.08 Å². The molecule has 12 heteroatoms. The Hall–Kier alpha value is -3.12. The van der Waals surface area contributed by atoms with Crippen LogP contribution in [0.15, 0.2) is 52.8 Å². The van der Waals surface area contributed by atoms with Crippen LogP contribution in [0.3, 0.4) is 0 Å². The first-order valence-corrected chi connectivity index (χ1v) is 14.2. The fraction of sp³-hybridized carbons (Fsp3) is 0.417. The van der Waals surface area contributed by atoms with Crippen molar-refractivity contribution < 1.29 is 22.7 Å². The van der Waals surface area contributed by atoms with Gasteiger partial charge in [0.05, 0.1) is 28.1 Å². The molecular weight excluding hydrogens is 505 g/mol. The van der Waals surface area contributed by atoms with E-state index in [2.05, 4.69) is 25.0 Å². The number of hydrogen-bond donors (Lipinski definition) is 3. The van der Waals surface area contributed by atoms with Crippen LogP contribution in [0.4, 0.5) is 15.0 Å². The number of hydrogen-bond acceptors (Lipinski definition) is 7. The topological polar surface area (TPSA) is 134 Å². The number of anilines is 1. The van der Waals surface area contributed by atoms with Gasteiger partial charge in [0.25, 0.3) is 10.0 Å². The number of sulfonamides is 1. The van der Waals surface area contributed by atoms with Crippen molar-refractivity contribution in [3.8, 4) is 0 Å². The quantitative estimate of drug-likeness (QED) is 0.477. The lowest BCUT2D eigenvalue weighted by Crippen LogP contribution is -2.36. The Labute approximate surface area is 212 Å². The summed E-state index contributed by atoms with van der Waals surface area (Å²) in [6.07, 6.45) is 11.8. The van der Waals surface area contributed by atoms with Crippen molar-refractivity contribution in [3.05, 3.63) is 64.2 Å². The van der Waals surface area contributed by atoms with Crippen molar-refractivity contribution in [1.82, 2.24) is 15.3 Å². The van der Waals surface area contributed by atoms with Crippen LogP contribution in [0.2, 0.25) is 0 Å². The molecule has 0 bridgehead atoms. The van der Waals surface area contributed by atoms with Crippen LogP contribution in [0.5, 0.6) is 0 Å². The van der Waals surface area contributed by atoms with Crippen molar-refractivity contribution >= 4 is 39.0 Å². The van der Waals surface area contributed by atoms with Crippen LogP contribution in [0, 0.1) is 5.82 Å². The third-order valence-electron chi connectivity index (χ3n) is 6.52. The van der Waals surface area contributed by atoms with Gasteiger partial charge in [-0.3, -0.25) is 0 Å². The van der Waals surface area contributed by atoms with E-state index >= 15 is 0 Å². The van der Waals surface area contributed by atoms with E-state index in [4.69, 9.17) is 5.11 Å². The summed E-state index contributed by atoms with van der Waals surface area (Å²) in [7, 11) is -3.61. The van der Waals surface area contributed by atoms with Gasteiger partial charge in [-0.25, -0.2) is 27.6 Å². The molecule has 2 heterocycles. The molecule has 0 spiro atoms. The fourth-order valence-corrected chi connectivity index (χ4v) is 7.00. The smallest absolute Gasteiger partial charge is 0.404 e. The monoisotopic (exact) mass is 531 g/mol. The van der Waals surface area contributed by atoms with Crippen LogP contribution in [0.1, 0.15) is 60.2 Å². The molecular formula is C24H26FN5O4S2. The Morgan fingerprint density at radius 2 is 1.89 bits per heavy atom. The molecule has 3 aliphatic rings. The van der Waals surface area contributed by atoms with E-state index in [-0.39, 0.29) is 17.9 Å². The number of amides is 1. The Morgan fingerprint density at radius 3 is 2.56 bits per heavy atom. The SMILES string of the molecule is O=C(O)NC1CCC(c2ncc(C3C=CC(Nc4ccc(F)cn4)=CC3=NS(=O)(=O)C3CC3)s2)CC1. The van der Waals surface area contributed by atoms with Crippen LogP contribution in [-0.4, -0.2) is 46.6 Å². The lowest BCUT2D eigenvalue weighted by molar-refractivity contribution is 0.185.